The molecular formula is C11H16N4O2S2. The van der Waals surface area contributed by atoms with E-state index in [4.69, 9.17) is 0 Å². The lowest BCUT2D eigenvalue weighted by Crippen LogP contribution is -2.13. The Morgan fingerprint density at radius 3 is 2.84 bits per heavy atom. The zero-order valence-electron chi connectivity index (χ0n) is 11.1. The number of aromatic nitrogens is 4. The predicted molar refractivity (Wildman–Crippen MR) is 75.9 cm³/mol. The van der Waals surface area contributed by atoms with Gasteiger partial charge >= 0.3 is 0 Å². The van der Waals surface area contributed by atoms with E-state index in [2.05, 4.69) is 15.1 Å². The number of sulfone groups is 1. The number of hydrogen-bond acceptors (Lipinski definition) is 6. The van der Waals surface area contributed by atoms with E-state index in [-0.39, 0.29) is 11.7 Å². The fraction of sp³-hybridized carbons (Fsp3) is 0.545. The number of rotatable bonds is 5. The maximum absolute atomic E-state index is 11.2. The van der Waals surface area contributed by atoms with Crippen LogP contribution in [0.25, 0.3) is 11.0 Å². The number of aryl methyl sites for hydroxylation is 1. The summed E-state index contributed by atoms with van der Waals surface area (Å²) in [5, 5.41) is 5.90. The highest BCUT2D eigenvalue weighted by Crippen LogP contribution is 2.25. The van der Waals surface area contributed by atoms with E-state index in [0.717, 1.165) is 16.1 Å². The molecule has 2 rings (SSSR count). The Morgan fingerprint density at radius 2 is 2.16 bits per heavy atom. The van der Waals surface area contributed by atoms with Crippen molar-refractivity contribution in [2.24, 2.45) is 13.0 Å². The highest BCUT2D eigenvalue weighted by Gasteiger charge is 2.13. The molecule has 0 saturated heterocycles. The number of thioether (sulfide) groups is 1. The number of fused-ring (bicyclic) bond motifs is 1. The van der Waals surface area contributed by atoms with Gasteiger partial charge in [0.05, 0.1) is 17.3 Å². The molecule has 104 valence electrons. The molecular weight excluding hydrogens is 284 g/mol. The summed E-state index contributed by atoms with van der Waals surface area (Å²) in [7, 11) is -1.10. The van der Waals surface area contributed by atoms with Crippen LogP contribution in [0, 0.1) is 5.92 Å². The minimum atomic E-state index is -2.93. The summed E-state index contributed by atoms with van der Waals surface area (Å²) >= 11 is 1.54. The molecule has 2 heterocycles. The molecule has 0 aliphatic heterocycles. The second-order valence-electron chi connectivity index (χ2n) is 4.69. The molecule has 8 heteroatoms. The zero-order chi connectivity index (χ0) is 14.0. The maximum atomic E-state index is 11.2. The van der Waals surface area contributed by atoms with E-state index in [0.29, 0.717) is 5.75 Å². The maximum Gasteiger partial charge on any atom is 0.162 e. The summed E-state index contributed by atoms with van der Waals surface area (Å²) in [5.41, 5.74) is 0.785. The van der Waals surface area contributed by atoms with Crippen LogP contribution in [0.4, 0.5) is 0 Å². The molecule has 0 bridgehead atoms. The van der Waals surface area contributed by atoms with Gasteiger partial charge in [-0.2, -0.15) is 5.10 Å². The van der Waals surface area contributed by atoms with Gasteiger partial charge in [0.1, 0.15) is 21.2 Å². The van der Waals surface area contributed by atoms with E-state index >= 15 is 0 Å². The highest BCUT2D eigenvalue weighted by molar-refractivity contribution is 7.99. The molecule has 0 amide bonds. The normalized spacial score (nSPS) is 13.8. The Morgan fingerprint density at radius 1 is 1.42 bits per heavy atom. The topological polar surface area (TPSA) is 77.7 Å². The Hall–Kier alpha value is -1.15. The van der Waals surface area contributed by atoms with Crippen LogP contribution < -0.4 is 0 Å². The van der Waals surface area contributed by atoms with Crippen molar-refractivity contribution in [1.29, 1.82) is 0 Å². The van der Waals surface area contributed by atoms with Gasteiger partial charge in [-0.05, 0) is 5.92 Å². The fourth-order valence-electron chi connectivity index (χ4n) is 1.84. The van der Waals surface area contributed by atoms with Gasteiger partial charge in [-0.1, -0.05) is 6.92 Å². The fourth-order valence-corrected chi connectivity index (χ4v) is 4.12. The minimum absolute atomic E-state index is 0.0849. The smallest absolute Gasteiger partial charge is 0.162 e. The first-order valence-electron chi connectivity index (χ1n) is 5.80. The van der Waals surface area contributed by atoms with Gasteiger partial charge in [0.25, 0.3) is 0 Å². The van der Waals surface area contributed by atoms with Gasteiger partial charge in [-0.25, -0.2) is 18.4 Å². The molecule has 0 saturated carbocycles. The summed E-state index contributed by atoms with van der Waals surface area (Å²) in [6.45, 7) is 1.93. The second kappa shape index (κ2) is 5.46. The van der Waals surface area contributed by atoms with Crippen LogP contribution in [-0.2, 0) is 16.9 Å². The first-order valence-corrected chi connectivity index (χ1v) is 8.84. The third-order valence-corrected chi connectivity index (χ3v) is 5.09. The van der Waals surface area contributed by atoms with Gasteiger partial charge in [0, 0.05) is 19.1 Å². The van der Waals surface area contributed by atoms with Crippen molar-refractivity contribution in [2.75, 3.05) is 17.8 Å². The molecule has 0 aliphatic carbocycles. The van der Waals surface area contributed by atoms with Gasteiger partial charge in [-0.3, -0.25) is 4.68 Å². The quantitative estimate of drug-likeness (QED) is 0.608. The van der Waals surface area contributed by atoms with Crippen LogP contribution in [0.2, 0.25) is 0 Å². The largest absolute Gasteiger partial charge is 0.250 e. The molecule has 1 atom stereocenters. The van der Waals surface area contributed by atoms with E-state index < -0.39 is 9.84 Å². The third-order valence-electron chi connectivity index (χ3n) is 2.58. The van der Waals surface area contributed by atoms with Crippen molar-refractivity contribution in [3.05, 3.63) is 12.5 Å². The summed E-state index contributed by atoms with van der Waals surface area (Å²) in [4.78, 5) is 8.41. The van der Waals surface area contributed by atoms with E-state index in [1.807, 2.05) is 14.0 Å². The second-order valence-corrected chi connectivity index (χ2v) is 7.89. The zero-order valence-corrected chi connectivity index (χ0v) is 12.7. The van der Waals surface area contributed by atoms with E-state index in [1.54, 1.807) is 22.6 Å². The standard InChI is InChI=1S/C11H16N4O2S2/c1-8(6-19(3,16)17)5-18-11-9-4-14-15(2)10(9)12-7-13-11/h4,7-8H,5-6H2,1-3H3. The lowest BCUT2D eigenvalue weighted by atomic mass is 10.3. The average molecular weight is 300 g/mol. The van der Waals surface area contributed by atoms with Crippen LogP contribution in [0.5, 0.6) is 0 Å². The van der Waals surface area contributed by atoms with Gasteiger partial charge < -0.3 is 0 Å². The van der Waals surface area contributed by atoms with Crippen LogP contribution in [0.3, 0.4) is 0 Å². The molecule has 6 nitrogen and oxygen atoms in total. The Kier molecular flexibility index (Phi) is 4.10. The van der Waals surface area contributed by atoms with Crippen LogP contribution in [0.15, 0.2) is 17.6 Å². The molecule has 0 spiro atoms. The molecule has 2 aromatic heterocycles. The Balaban J connectivity index is 2.10. The van der Waals surface area contributed by atoms with Crippen LogP contribution in [0.1, 0.15) is 6.92 Å². The average Bonchev–Trinajstić information content (AvgIpc) is 2.67. The van der Waals surface area contributed by atoms with E-state index in [9.17, 15) is 8.42 Å². The number of hydrogen-bond donors (Lipinski definition) is 0. The third kappa shape index (κ3) is 3.66. The lowest BCUT2D eigenvalue weighted by molar-refractivity contribution is 0.589. The van der Waals surface area contributed by atoms with Gasteiger partial charge in [-0.15, -0.1) is 11.8 Å². The van der Waals surface area contributed by atoms with Gasteiger partial charge in [0.2, 0.25) is 0 Å². The molecule has 0 aromatic carbocycles. The molecule has 19 heavy (non-hydrogen) atoms. The van der Waals surface area contributed by atoms with Crippen molar-refractivity contribution < 1.29 is 8.42 Å². The summed E-state index contributed by atoms with van der Waals surface area (Å²) < 4.78 is 24.1. The Bertz CT molecular complexity index is 681. The van der Waals surface area contributed by atoms with Crippen molar-refractivity contribution in [2.45, 2.75) is 11.9 Å². The highest BCUT2D eigenvalue weighted by atomic mass is 32.2. The van der Waals surface area contributed by atoms with Crippen molar-refractivity contribution in [3.8, 4) is 0 Å². The molecule has 0 fully saturated rings. The van der Waals surface area contributed by atoms with Crippen molar-refractivity contribution >= 4 is 32.6 Å². The van der Waals surface area contributed by atoms with Crippen LogP contribution in [-0.4, -0.2) is 45.9 Å². The molecule has 0 aliphatic rings. The first kappa shape index (κ1) is 14.3. The molecule has 0 N–H and O–H groups in total. The predicted octanol–water partition coefficient (Wildman–Crippen LogP) is 1.14. The summed E-state index contributed by atoms with van der Waals surface area (Å²) in [5.74, 6) is 0.983. The van der Waals surface area contributed by atoms with Crippen molar-refractivity contribution in [1.82, 2.24) is 19.7 Å². The van der Waals surface area contributed by atoms with Gasteiger partial charge in [0.15, 0.2) is 5.65 Å². The molecule has 1 unspecified atom stereocenters. The summed E-state index contributed by atoms with van der Waals surface area (Å²) in [6.07, 6.45) is 4.50. The number of nitrogens with zero attached hydrogens (tertiary/aromatic N) is 4. The molecule has 2 aromatic rings. The van der Waals surface area contributed by atoms with Crippen molar-refractivity contribution in [3.63, 3.8) is 0 Å². The Labute approximate surface area is 116 Å². The minimum Gasteiger partial charge on any atom is -0.250 e. The van der Waals surface area contributed by atoms with Crippen LogP contribution >= 0.6 is 11.8 Å². The molecule has 0 radical (unpaired) electrons. The SMILES string of the molecule is CC(CSc1ncnc2c1cnn2C)CS(C)(=O)=O. The first-order chi connectivity index (χ1) is 8.87. The summed E-state index contributed by atoms with van der Waals surface area (Å²) in [6, 6.07) is 0. The monoisotopic (exact) mass is 300 g/mol. The van der Waals surface area contributed by atoms with E-state index in [1.165, 1.54) is 12.6 Å². The lowest BCUT2D eigenvalue weighted by Gasteiger charge is -2.09.